The Bertz CT molecular complexity index is 834. The number of ether oxygens (including phenoxy) is 1. The molecule has 4 nitrogen and oxygen atoms in total. The second-order valence-electron chi connectivity index (χ2n) is 5.06. The highest BCUT2D eigenvalue weighted by molar-refractivity contribution is 5.78. The molecule has 118 valence electrons. The Balaban J connectivity index is 2.01. The molecule has 0 N–H and O–H groups in total. The molecule has 0 radical (unpaired) electrons. The highest BCUT2D eigenvalue weighted by Crippen LogP contribution is 2.32. The smallest absolute Gasteiger partial charge is 0.147 e. The van der Waals surface area contributed by atoms with Crippen LogP contribution in [0.15, 0.2) is 48.7 Å². The number of hydrogen-bond donors (Lipinski definition) is 0. The molecule has 0 bridgehead atoms. The number of methoxy groups -OCH3 is 1. The van der Waals surface area contributed by atoms with E-state index in [1.807, 2.05) is 0 Å². The van der Waals surface area contributed by atoms with E-state index in [2.05, 4.69) is 9.97 Å². The number of rotatable bonds is 3. The van der Waals surface area contributed by atoms with Gasteiger partial charge < -0.3 is 9.64 Å². The summed E-state index contributed by atoms with van der Waals surface area (Å²) in [5, 5.41) is 0. The van der Waals surface area contributed by atoms with Gasteiger partial charge in [0.25, 0.3) is 0 Å². The van der Waals surface area contributed by atoms with Crippen molar-refractivity contribution in [3.8, 4) is 5.75 Å². The van der Waals surface area contributed by atoms with Crippen LogP contribution < -0.4 is 9.64 Å². The molecule has 2 aromatic heterocycles. The molecular weight excluding hydrogens is 300 g/mol. The van der Waals surface area contributed by atoms with E-state index in [1.54, 1.807) is 11.8 Å². The number of hydrogen-bond acceptors (Lipinski definition) is 4. The summed E-state index contributed by atoms with van der Waals surface area (Å²) in [6.07, 6.45) is 3.84. The first kappa shape index (κ1) is 13.9. The van der Waals surface area contributed by atoms with E-state index in [-0.39, 0.29) is 6.17 Å². The van der Waals surface area contributed by atoms with Crippen molar-refractivity contribution in [1.82, 2.24) is 9.97 Å². The molecule has 0 saturated carbocycles. The number of halogens is 2. The molecule has 1 aliphatic rings. The lowest BCUT2D eigenvalue weighted by Gasteiger charge is -2.25. The average Bonchev–Trinajstić information content (AvgIpc) is 2.54. The minimum atomic E-state index is -0.467. The number of nitrogens with zero attached hydrogens (tertiary/aromatic N) is 3. The summed E-state index contributed by atoms with van der Waals surface area (Å²) >= 11 is 0. The molecule has 0 atom stereocenters. The Morgan fingerprint density at radius 2 is 2.09 bits per heavy atom. The van der Waals surface area contributed by atoms with Crippen LogP contribution in [0.1, 0.15) is 12.6 Å². The first-order valence-electron chi connectivity index (χ1n) is 7.46. The first-order chi connectivity index (χ1) is 11.5. The van der Waals surface area contributed by atoms with Gasteiger partial charge in [-0.05, 0) is 36.8 Å². The largest absolute Gasteiger partial charge is 0.494 e. The molecule has 2 aromatic rings. The van der Waals surface area contributed by atoms with Crippen molar-refractivity contribution in [1.29, 1.82) is 0 Å². The lowest BCUT2D eigenvalue weighted by molar-refractivity contribution is 0.408. The van der Waals surface area contributed by atoms with Crippen molar-refractivity contribution in [2.45, 2.75) is 6.92 Å². The van der Waals surface area contributed by atoms with Gasteiger partial charge in [0, 0.05) is 24.5 Å². The van der Waals surface area contributed by atoms with Crippen molar-refractivity contribution in [2.24, 2.45) is 0 Å². The van der Waals surface area contributed by atoms with Gasteiger partial charge in [0.1, 0.15) is 23.2 Å². The number of allylic oxidation sites excluding steroid dienone is 2. The summed E-state index contributed by atoms with van der Waals surface area (Å²) in [5.41, 5.74) is 1.78. The van der Waals surface area contributed by atoms with Gasteiger partial charge in [-0.3, -0.25) is 4.98 Å². The molecule has 0 aromatic carbocycles. The minimum absolute atomic E-state index is 0.0746. The zero-order chi connectivity index (χ0) is 17.3. The van der Waals surface area contributed by atoms with Crippen LogP contribution in [0.3, 0.4) is 0 Å². The zero-order valence-corrected chi connectivity index (χ0v) is 12.7. The molecule has 0 aliphatic carbocycles. The third-order valence-corrected chi connectivity index (χ3v) is 3.50. The van der Waals surface area contributed by atoms with Crippen molar-refractivity contribution in [3.63, 3.8) is 0 Å². The van der Waals surface area contributed by atoms with Crippen LogP contribution in [0.4, 0.5) is 14.6 Å². The predicted octanol–water partition coefficient (Wildman–Crippen LogP) is 3.65. The maximum Gasteiger partial charge on any atom is 0.147 e. The van der Waals surface area contributed by atoms with E-state index in [4.69, 9.17) is 6.11 Å². The third kappa shape index (κ3) is 3.06. The van der Waals surface area contributed by atoms with Gasteiger partial charge in [0.2, 0.25) is 0 Å². The molecule has 0 fully saturated rings. The first-order valence-corrected chi connectivity index (χ1v) is 6.96. The van der Waals surface area contributed by atoms with Gasteiger partial charge in [-0.25, -0.2) is 13.8 Å². The van der Waals surface area contributed by atoms with Gasteiger partial charge in [-0.1, -0.05) is 0 Å². The summed E-state index contributed by atoms with van der Waals surface area (Å²) in [4.78, 5) is 9.59. The molecular formula is C17H15F2N3O. The molecule has 3 rings (SSSR count). The van der Waals surface area contributed by atoms with Crippen LogP contribution in [0.5, 0.6) is 5.75 Å². The fraction of sp³-hybridized carbons (Fsp3) is 0.176. The van der Waals surface area contributed by atoms with Crippen LogP contribution >= 0.6 is 0 Å². The lowest BCUT2D eigenvalue weighted by atomic mass is 10.0. The molecule has 0 spiro atoms. The molecule has 3 heterocycles. The Hall–Kier alpha value is -2.76. The van der Waals surface area contributed by atoms with Crippen molar-refractivity contribution >= 4 is 11.4 Å². The number of anilines is 1. The van der Waals surface area contributed by atoms with Crippen LogP contribution in [0, 0.1) is 12.7 Å². The SMILES string of the molecule is [2H]c1cc(C2=CC(F)=CN(c3ccc(F)cn3)C2)c(OC)c(C)n1. The summed E-state index contributed by atoms with van der Waals surface area (Å²) in [7, 11) is 1.51. The Labute approximate surface area is 134 Å². The molecule has 1 aliphatic heterocycles. The van der Waals surface area contributed by atoms with E-state index < -0.39 is 11.6 Å². The third-order valence-electron chi connectivity index (χ3n) is 3.50. The summed E-state index contributed by atoms with van der Waals surface area (Å²) in [6, 6.07) is 4.28. The summed E-state index contributed by atoms with van der Waals surface area (Å²) in [5.74, 6) is -0.00127. The topological polar surface area (TPSA) is 38.2 Å². The van der Waals surface area contributed by atoms with Crippen molar-refractivity contribution in [2.75, 3.05) is 18.6 Å². The standard InChI is InChI=1S/C17H15F2N3O/c1-11-17(23-2)15(5-6-20-11)12-7-14(19)10-22(9-12)16-4-3-13(18)8-21-16/h3-8,10H,9H2,1-2H3/i6D. The molecule has 6 heteroatoms. The fourth-order valence-corrected chi connectivity index (χ4v) is 2.48. The average molecular weight is 316 g/mol. The fourth-order valence-electron chi connectivity index (χ4n) is 2.48. The van der Waals surface area contributed by atoms with Gasteiger partial charge in [-0.15, -0.1) is 0 Å². The number of aromatic nitrogens is 2. The van der Waals surface area contributed by atoms with Crippen molar-refractivity contribution < 1.29 is 14.9 Å². The molecule has 0 unspecified atom stereocenters. The van der Waals surface area contributed by atoms with E-state index in [9.17, 15) is 8.78 Å². The van der Waals surface area contributed by atoms with E-state index >= 15 is 0 Å². The van der Waals surface area contributed by atoms with Crippen LogP contribution in [-0.4, -0.2) is 23.6 Å². The van der Waals surface area contributed by atoms with Crippen LogP contribution in [-0.2, 0) is 0 Å². The van der Waals surface area contributed by atoms with E-state index in [1.165, 1.54) is 37.6 Å². The normalized spacial score (nSPS) is 15.0. The molecule has 0 amide bonds. The second kappa shape index (κ2) is 6.16. The quantitative estimate of drug-likeness (QED) is 0.866. The van der Waals surface area contributed by atoms with Crippen LogP contribution in [0.2, 0.25) is 0 Å². The molecule has 23 heavy (non-hydrogen) atoms. The summed E-state index contributed by atoms with van der Waals surface area (Å²) < 4.78 is 40.3. The second-order valence-corrected chi connectivity index (χ2v) is 5.06. The van der Waals surface area contributed by atoms with Gasteiger partial charge in [-0.2, -0.15) is 0 Å². The Morgan fingerprint density at radius 1 is 1.26 bits per heavy atom. The Kier molecular flexibility index (Phi) is 3.71. The minimum Gasteiger partial charge on any atom is -0.494 e. The number of aryl methyl sites for hydroxylation is 1. The zero-order valence-electron chi connectivity index (χ0n) is 13.7. The maximum atomic E-state index is 14.1. The molecule has 0 saturated heterocycles. The monoisotopic (exact) mass is 316 g/mol. The predicted molar refractivity (Wildman–Crippen MR) is 84.2 cm³/mol. The highest BCUT2D eigenvalue weighted by Gasteiger charge is 2.19. The maximum absolute atomic E-state index is 14.1. The van der Waals surface area contributed by atoms with Gasteiger partial charge >= 0.3 is 0 Å². The lowest BCUT2D eigenvalue weighted by Crippen LogP contribution is -2.23. The highest BCUT2D eigenvalue weighted by atomic mass is 19.1. The Morgan fingerprint density at radius 3 is 2.78 bits per heavy atom. The van der Waals surface area contributed by atoms with Gasteiger partial charge in [0.05, 0.1) is 20.4 Å². The van der Waals surface area contributed by atoms with Crippen LogP contribution in [0.25, 0.3) is 5.57 Å². The van der Waals surface area contributed by atoms with E-state index in [0.717, 1.165) is 6.20 Å². The number of pyridine rings is 2. The van der Waals surface area contributed by atoms with Crippen molar-refractivity contribution in [3.05, 3.63) is 65.7 Å². The van der Waals surface area contributed by atoms with E-state index in [0.29, 0.717) is 34.9 Å². The van der Waals surface area contributed by atoms with Gasteiger partial charge in [0.15, 0.2) is 0 Å². The summed E-state index contributed by atoms with van der Waals surface area (Å²) in [6.45, 7) is 2.04.